The molecule has 0 saturated heterocycles. The standard InChI is InChI=1S/C21H18Br2NO3P/c1-15(16-5-3-2-4-6-16)24-14-17-13-19(23)9-12-21(17)27-28(24,25)26-20-10-7-18(22)8-11-20/h2-13,15H,14H2,1H3. The summed E-state index contributed by atoms with van der Waals surface area (Å²) in [5.41, 5.74) is 2.01. The van der Waals surface area contributed by atoms with Crippen molar-refractivity contribution < 1.29 is 13.6 Å². The van der Waals surface area contributed by atoms with Gasteiger partial charge in [-0.3, -0.25) is 0 Å². The van der Waals surface area contributed by atoms with Crippen LogP contribution in [0, 0.1) is 0 Å². The summed E-state index contributed by atoms with van der Waals surface area (Å²) in [7, 11) is -3.63. The molecule has 28 heavy (non-hydrogen) atoms. The van der Waals surface area contributed by atoms with E-state index in [9.17, 15) is 4.57 Å². The lowest BCUT2D eigenvalue weighted by Crippen LogP contribution is -2.31. The molecular weight excluding hydrogens is 505 g/mol. The van der Waals surface area contributed by atoms with E-state index in [-0.39, 0.29) is 6.04 Å². The molecule has 2 atom stereocenters. The number of benzene rings is 3. The van der Waals surface area contributed by atoms with Crippen LogP contribution in [0.4, 0.5) is 0 Å². The number of halogens is 2. The molecule has 0 saturated carbocycles. The van der Waals surface area contributed by atoms with Crippen LogP contribution in [0.15, 0.2) is 81.7 Å². The first-order valence-corrected chi connectivity index (χ1v) is 11.9. The second-order valence-corrected chi connectivity index (χ2v) is 10.2. The van der Waals surface area contributed by atoms with Crippen molar-refractivity contribution >= 4 is 39.6 Å². The van der Waals surface area contributed by atoms with E-state index in [1.807, 2.05) is 67.6 Å². The average Bonchev–Trinajstić information content (AvgIpc) is 2.70. The molecule has 1 aliphatic rings. The molecule has 0 fully saturated rings. The summed E-state index contributed by atoms with van der Waals surface area (Å²) in [4.78, 5) is 0. The summed E-state index contributed by atoms with van der Waals surface area (Å²) in [5, 5.41) is 0. The Hall–Kier alpha value is -1.59. The molecule has 0 radical (unpaired) electrons. The molecule has 0 N–H and O–H groups in total. The lowest BCUT2D eigenvalue weighted by atomic mass is 10.1. The Labute approximate surface area is 181 Å². The summed E-state index contributed by atoms with van der Waals surface area (Å²) >= 11 is 6.91. The van der Waals surface area contributed by atoms with Crippen LogP contribution >= 0.6 is 39.6 Å². The van der Waals surface area contributed by atoms with Crippen LogP contribution in [-0.2, 0) is 11.1 Å². The minimum absolute atomic E-state index is 0.158. The van der Waals surface area contributed by atoms with Crippen molar-refractivity contribution in [2.24, 2.45) is 0 Å². The zero-order valence-electron chi connectivity index (χ0n) is 15.1. The highest BCUT2D eigenvalue weighted by Gasteiger charge is 2.44. The minimum atomic E-state index is -3.63. The lowest BCUT2D eigenvalue weighted by molar-refractivity contribution is 0.223. The fourth-order valence-corrected chi connectivity index (χ4v) is 5.77. The quantitative estimate of drug-likeness (QED) is 0.336. The van der Waals surface area contributed by atoms with Crippen molar-refractivity contribution in [1.29, 1.82) is 0 Å². The number of rotatable bonds is 4. The normalized spacial score (nSPS) is 20.1. The Balaban J connectivity index is 1.74. The van der Waals surface area contributed by atoms with Gasteiger partial charge in [0.05, 0.1) is 0 Å². The molecule has 0 spiro atoms. The van der Waals surface area contributed by atoms with Crippen LogP contribution in [0.2, 0.25) is 0 Å². The first-order chi connectivity index (χ1) is 13.4. The Morgan fingerprint density at radius 1 is 1.00 bits per heavy atom. The van der Waals surface area contributed by atoms with Gasteiger partial charge in [-0.05, 0) is 55.0 Å². The predicted octanol–water partition coefficient (Wildman–Crippen LogP) is 7.35. The molecular formula is C21H18Br2NO3P. The van der Waals surface area contributed by atoms with Crippen LogP contribution < -0.4 is 9.05 Å². The van der Waals surface area contributed by atoms with Crippen molar-refractivity contribution in [2.45, 2.75) is 19.5 Å². The van der Waals surface area contributed by atoms with Gasteiger partial charge in [0.15, 0.2) is 0 Å². The molecule has 0 amide bonds. The average molecular weight is 523 g/mol. The topological polar surface area (TPSA) is 38.8 Å². The van der Waals surface area contributed by atoms with Crippen LogP contribution in [-0.4, -0.2) is 4.67 Å². The third-order valence-electron chi connectivity index (χ3n) is 4.65. The van der Waals surface area contributed by atoms with E-state index < -0.39 is 7.75 Å². The maximum Gasteiger partial charge on any atom is 0.516 e. The molecule has 0 bridgehead atoms. The molecule has 4 nitrogen and oxygen atoms in total. The van der Waals surface area contributed by atoms with Crippen molar-refractivity contribution in [3.05, 3.63) is 92.9 Å². The third kappa shape index (κ3) is 4.06. The monoisotopic (exact) mass is 521 g/mol. The molecule has 4 rings (SSSR count). The number of fused-ring (bicyclic) bond motifs is 1. The summed E-state index contributed by atoms with van der Waals surface area (Å²) < 4.78 is 29.6. The van der Waals surface area contributed by atoms with Crippen LogP contribution in [0.3, 0.4) is 0 Å². The molecule has 0 aromatic heterocycles. The maximum absolute atomic E-state index is 13.9. The van der Waals surface area contributed by atoms with Gasteiger partial charge >= 0.3 is 7.75 Å². The van der Waals surface area contributed by atoms with Gasteiger partial charge in [-0.15, -0.1) is 0 Å². The molecule has 1 heterocycles. The van der Waals surface area contributed by atoms with Gasteiger partial charge < -0.3 is 9.05 Å². The molecule has 7 heteroatoms. The van der Waals surface area contributed by atoms with Gasteiger partial charge in [0.25, 0.3) is 0 Å². The van der Waals surface area contributed by atoms with Gasteiger partial charge in [0.1, 0.15) is 11.5 Å². The molecule has 2 unspecified atom stereocenters. The second-order valence-electron chi connectivity index (χ2n) is 6.54. The molecule has 144 valence electrons. The van der Waals surface area contributed by atoms with Gasteiger partial charge in [0, 0.05) is 27.1 Å². The van der Waals surface area contributed by atoms with E-state index >= 15 is 0 Å². The zero-order chi connectivity index (χ0) is 19.7. The van der Waals surface area contributed by atoms with E-state index in [0.717, 1.165) is 20.1 Å². The summed E-state index contributed by atoms with van der Waals surface area (Å²) in [6.45, 7) is 2.47. The largest absolute Gasteiger partial charge is 0.516 e. The molecule has 3 aromatic rings. The second kappa shape index (κ2) is 8.03. The summed E-state index contributed by atoms with van der Waals surface area (Å²) in [6.07, 6.45) is 0. The van der Waals surface area contributed by atoms with Gasteiger partial charge in [-0.1, -0.05) is 62.2 Å². The van der Waals surface area contributed by atoms with Gasteiger partial charge in [0.2, 0.25) is 0 Å². The Kier molecular flexibility index (Phi) is 5.66. The smallest absolute Gasteiger partial charge is 0.404 e. The van der Waals surface area contributed by atoms with E-state index in [1.165, 1.54) is 0 Å². The molecule has 1 aliphatic heterocycles. The first kappa shape index (κ1) is 19.7. The highest BCUT2D eigenvalue weighted by atomic mass is 79.9. The van der Waals surface area contributed by atoms with E-state index in [0.29, 0.717) is 18.0 Å². The van der Waals surface area contributed by atoms with Crippen molar-refractivity contribution in [2.75, 3.05) is 0 Å². The number of hydrogen-bond donors (Lipinski definition) is 0. The Bertz CT molecular complexity index is 1030. The Morgan fingerprint density at radius 3 is 2.39 bits per heavy atom. The third-order valence-corrected chi connectivity index (χ3v) is 7.65. The molecule has 0 aliphatic carbocycles. The fraction of sp³-hybridized carbons (Fsp3) is 0.143. The van der Waals surface area contributed by atoms with E-state index in [2.05, 4.69) is 31.9 Å². The van der Waals surface area contributed by atoms with E-state index in [1.54, 1.807) is 16.8 Å². The Morgan fingerprint density at radius 2 is 1.68 bits per heavy atom. The lowest BCUT2D eigenvalue weighted by Gasteiger charge is -2.38. The number of nitrogens with zero attached hydrogens (tertiary/aromatic N) is 1. The summed E-state index contributed by atoms with van der Waals surface area (Å²) in [6, 6.07) is 22.7. The number of hydrogen-bond acceptors (Lipinski definition) is 3. The van der Waals surface area contributed by atoms with Gasteiger partial charge in [-0.2, -0.15) is 4.67 Å². The van der Waals surface area contributed by atoms with Crippen molar-refractivity contribution in [1.82, 2.24) is 4.67 Å². The van der Waals surface area contributed by atoms with Crippen LogP contribution in [0.5, 0.6) is 11.5 Å². The first-order valence-electron chi connectivity index (χ1n) is 8.80. The van der Waals surface area contributed by atoms with Gasteiger partial charge in [-0.25, -0.2) is 4.57 Å². The molecule has 3 aromatic carbocycles. The highest BCUT2D eigenvalue weighted by molar-refractivity contribution is 9.10. The maximum atomic E-state index is 13.9. The van der Waals surface area contributed by atoms with Crippen molar-refractivity contribution in [3.63, 3.8) is 0 Å². The van der Waals surface area contributed by atoms with Crippen molar-refractivity contribution in [3.8, 4) is 11.5 Å². The minimum Gasteiger partial charge on any atom is -0.404 e. The summed E-state index contributed by atoms with van der Waals surface area (Å²) in [5.74, 6) is 1.08. The SMILES string of the molecule is CC(c1ccccc1)N1Cc2cc(Br)ccc2OP1(=O)Oc1ccc(Br)cc1. The fourth-order valence-electron chi connectivity index (χ4n) is 3.15. The highest BCUT2D eigenvalue weighted by Crippen LogP contribution is 2.59. The zero-order valence-corrected chi connectivity index (χ0v) is 19.2. The van der Waals surface area contributed by atoms with Crippen LogP contribution in [0.1, 0.15) is 24.1 Å². The van der Waals surface area contributed by atoms with Crippen LogP contribution in [0.25, 0.3) is 0 Å². The predicted molar refractivity (Wildman–Crippen MR) is 118 cm³/mol. The van der Waals surface area contributed by atoms with E-state index in [4.69, 9.17) is 9.05 Å².